The van der Waals surface area contributed by atoms with Crippen LogP contribution < -0.4 is 10.2 Å². The molecule has 0 aliphatic carbocycles. The number of carbonyl (C=O) groups excluding carboxylic acids is 1. The number of rotatable bonds is 3. The first-order chi connectivity index (χ1) is 14.1. The Kier molecular flexibility index (Phi) is 5.83. The summed E-state index contributed by atoms with van der Waals surface area (Å²) in [4.78, 5) is 16.4. The molecule has 1 aliphatic rings. The largest absolute Gasteiger partial charge is 0.352 e. The molecular formula is C21H19Cl2N5O. The average Bonchev–Trinajstić information content (AvgIpc) is 2.74. The van der Waals surface area contributed by atoms with Gasteiger partial charge in [0.05, 0.1) is 10.7 Å². The Morgan fingerprint density at radius 3 is 2.38 bits per heavy atom. The third kappa shape index (κ3) is 4.60. The smallest absolute Gasteiger partial charge is 0.321 e. The minimum Gasteiger partial charge on any atom is -0.352 e. The molecule has 0 spiro atoms. The number of anilines is 2. The van der Waals surface area contributed by atoms with E-state index in [0.717, 1.165) is 17.1 Å². The number of piperazine rings is 1. The summed E-state index contributed by atoms with van der Waals surface area (Å²) < 4.78 is 0. The van der Waals surface area contributed by atoms with Crippen LogP contribution >= 0.6 is 23.2 Å². The number of urea groups is 1. The second kappa shape index (κ2) is 8.68. The SMILES string of the molecule is O=C(Nc1cccc(Cl)c1)N1CCN(c2ccc(-c3ccccc3Cl)nn2)CC1. The van der Waals surface area contributed by atoms with E-state index < -0.39 is 0 Å². The van der Waals surface area contributed by atoms with Crippen molar-refractivity contribution in [2.24, 2.45) is 0 Å². The fourth-order valence-electron chi connectivity index (χ4n) is 3.21. The van der Waals surface area contributed by atoms with Crippen molar-refractivity contribution >= 4 is 40.7 Å². The fraction of sp³-hybridized carbons (Fsp3) is 0.190. The van der Waals surface area contributed by atoms with Crippen LogP contribution in [0.4, 0.5) is 16.3 Å². The zero-order valence-electron chi connectivity index (χ0n) is 15.6. The quantitative estimate of drug-likeness (QED) is 0.651. The molecule has 1 saturated heterocycles. The maximum atomic E-state index is 12.5. The highest BCUT2D eigenvalue weighted by atomic mass is 35.5. The fourth-order valence-corrected chi connectivity index (χ4v) is 3.64. The van der Waals surface area contributed by atoms with Crippen LogP contribution in [0.5, 0.6) is 0 Å². The number of nitrogens with zero attached hydrogens (tertiary/aromatic N) is 4. The molecular weight excluding hydrogens is 409 g/mol. The number of aromatic nitrogens is 2. The van der Waals surface area contributed by atoms with Gasteiger partial charge >= 0.3 is 6.03 Å². The zero-order valence-corrected chi connectivity index (χ0v) is 17.1. The number of benzene rings is 2. The van der Waals surface area contributed by atoms with Crippen LogP contribution in [0, 0.1) is 0 Å². The van der Waals surface area contributed by atoms with Crippen LogP contribution in [0.1, 0.15) is 0 Å². The maximum Gasteiger partial charge on any atom is 0.321 e. The van der Waals surface area contributed by atoms with E-state index in [1.54, 1.807) is 23.1 Å². The number of nitrogens with one attached hydrogen (secondary N) is 1. The van der Waals surface area contributed by atoms with Gasteiger partial charge < -0.3 is 15.1 Å². The van der Waals surface area contributed by atoms with Crippen molar-refractivity contribution in [3.05, 3.63) is 70.7 Å². The minimum atomic E-state index is -0.132. The van der Waals surface area contributed by atoms with Crippen LogP contribution in [-0.4, -0.2) is 47.3 Å². The average molecular weight is 428 g/mol. The standard InChI is InChI=1S/C21H19Cl2N5O/c22-15-4-3-5-16(14-15)24-21(29)28-12-10-27(11-13-28)20-9-8-19(25-26-20)17-6-1-2-7-18(17)23/h1-9,14H,10-13H2,(H,24,29). The lowest BCUT2D eigenvalue weighted by Gasteiger charge is -2.35. The monoisotopic (exact) mass is 427 g/mol. The lowest BCUT2D eigenvalue weighted by atomic mass is 10.1. The first kappa shape index (κ1) is 19.5. The molecule has 29 heavy (non-hydrogen) atoms. The number of carbonyl (C=O) groups is 1. The van der Waals surface area contributed by atoms with E-state index in [2.05, 4.69) is 20.4 Å². The van der Waals surface area contributed by atoms with E-state index in [-0.39, 0.29) is 6.03 Å². The first-order valence-electron chi connectivity index (χ1n) is 9.25. The Morgan fingerprint density at radius 1 is 0.897 bits per heavy atom. The molecule has 8 heteroatoms. The number of hydrogen-bond acceptors (Lipinski definition) is 4. The molecule has 1 fully saturated rings. The normalized spacial score (nSPS) is 14.0. The van der Waals surface area contributed by atoms with Crippen LogP contribution in [0.2, 0.25) is 10.0 Å². The summed E-state index contributed by atoms with van der Waals surface area (Å²) in [5, 5.41) is 12.8. The lowest BCUT2D eigenvalue weighted by Crippen LogP contribution is -2.50. The van der Waals surface area contributed by atoms with Gasteiger partial charge in [-0.2, -0.15) is 0 Å². The van der Waals surface area contributed by atoms with Gasteiger partial charge in [-0.3, -0.25) is 0 Å². The second-order valence-corrected chi connectivity index (χ2v) is 7.51. The third-order valence-corrected chi connectivity index (χ3v) is 5.33. The van der Waals surface area contributed by atoms with Gasteiger partial charge in [0.25, 0.3) is 0 Å². The van der Waals surface area contributed by atoms with Crippen molar-refractivity contribution < 1.29 is 4.79 Å². The van der Waals surface area contributed by atoms with Crippen molar-refractivity contribution in [2.45, 2.75) is 0 Å². The Hall–Kier alpha value is -2.83. The van der Waals surface area contributed by atoms with Crippen LogP contribution in [0.3, 0.4) is 0 Å². The van der Waals surface area contributed by atoms with Gasteiger partial charge in [0.2, 0.25) is 0 Å². The van der Waals surface area contributed by atoms with Crippen molar-refractivity contribution in [1.29, 1.82) is 0 Å². The molecule has 2 aromatic carbocycles. The summed E-state index contributed by atoms with van der Waals surface area (Å²) in [6.07, 6.45) is 0. The van der Waals surface area contributed by atoms with Crippen molar-refractivity contribution in [3.8, 4) is 11.3 Å². The molecule has 0 radical (unpaired) electrons. The summed E-state index contributed by atoms with van der Waals surface area (Å²) in [5.74, 6) is 0.788. The van der Waals surface area contributed by atoms with Gasteiger partial charge in [-0.05, 0) is 36.4 Å². The molecule has 1 aromatic heterocycles. The van der Waals surface area contributed by atoms with Crippen molar-refractivity contribution in [1.82, 2.24) is 15.1 Å². The van der Waals surface area contributed by atoms with Gasteiger partial charge in [0, 0.05) is 42.5 Å². The first-order valence-corrected chi connectivity index (χ1v) is 10.0. The van der Waals surface area contributed by atoms with E-state index in [9.17, 15) is 4.79 Å². The van der Waals surface area contributed by atoms with E-state index in [0.29, 0.717) is 41.9 Å². The molecule has 3 aromatic rings. The predicted octanol–water partition coefficient (Wildman–Crippen LogP) is 4.80. The Morgan fingerprint density at radius 2 is 1.69 bits per heavy atom. The summed E-state index contributed by atoms with van der Waals surface area (Å²) in [6, 6.07) is 18.4. The number of amides is 2. The maximum absolute atomic E-state index is 12.5. The molecule has 2 amide bonds. The molecule has 0 unspecified atom stereocenters. The summed E-state index contributed by atoms with van der Waals surface area (Å²) in [6.45, 7) is 2.56. The van der Waals surface area contributed by atoms with Gasteiger partial charge in [-0.1, -0.05) is 47.5 Å². The van der Waals surface area contributed by atoms with E-state index in [4.69, 9.17) is 23.2 Å². The molecule has 0 atom stereocenters. The number of hydrogen-bond donors (Lipinski definition) is 1. The predicted molar refractivity (Wildman–Crippen MR) is 117 cm³/mol. The van der Waals surface area contributed by atoms with Crippen LogP contribution in [0.25, 0.3) is 11.3 Å². The van der Waals surface area contributed by atoms with Crippen molar-refractivity contribution in [3.63, 3.8) is 0 Å². The molecule has 148 valence electrons. The molecule has 2 heterocycles. The van der Waals surface area contributed by atoms with Gasteiger partial charge in [-0.25, -0.2) is 4.79 Å². The zero-order chi connectivity index (χ0) is 20.2. The Balaban J connectivity index is 1.36. The highest BCUT2D eigenvalue weighted by Crippen LogP contribution is 2.26. The summed E-state index contributed by atoms with van der Waals surface area (Å²) >= 11 is 12.2. The highest BCUT2D eigenvalue weighted by Gasteiger charge is 2.22. The summed E-state index contributed by atoms with van der Waals surface area (Å²) in [7, 11) is 0. The Labute approximate surface area is 179 Å². The van der Waals surface area contributed by atoms with Crippen molar-refractivity contribution in [2.75, 3.05) is 36.4 Å². The molecule has 1 aliphatic heterocycles. The topological polar surface area (TPSA) is 61.4 Å². The van der Waals surface area contributed by atoms with Gasteiger partial charge in [0.1, 0.15) is 0 Å². The van der Waals surface area contributed by atoms with E-state index in [1.807, 2.05) is 42.5 Å². The molecule has 0 saturated carbocycles. The third-order valence-electron chi connectivity index (χ3n) is 4.77. The van der Waals surface area contributed by atoms with Gasteiger partial charge in [-0.15, -0.1) is 10.2 Å². The second-order valence-electron chi connectivity index (χ2n) is 6.67. The molecule has 4 rings (SSSR count). The Bertz CT molecular complexity index is 1000. The van der Waals surface area contributed by atoms with Crippen LogP contribution in [-0.2, 0) is 0 Å². The van der Waals surface area contributed by atoms with Gasteiger partial charge in [0.15, 0.2) is 5.82 Å². The highest BCUT2D eigenvalue weighted by molar-refractivity contribution is 6.33. The molecule has 1 N–H and O–H groups in total. The lowest BCUT2D eigenvalue weighted by molar-refractivity contribution is 0.208. The summed E-state index contributed by atoms with van der Waals surface area (Å²) in [5.41, 5.74) is 2.28. The van der Waals surface area contributed by atoms with E-state index >= 15 is 0 Å². The van der Waals surface area contributed by atoms with Crippen LogP contribution in [0.15, 0.2) is 60.7 Å². The van der Waals surface area contributed by atoms with E-state index in [1.165, 1.54) is 0 Å². The minimum absolute atomic E-state index is 0.132. The molecule has 6 nitrogen and oxygen atoms in total. The molecule has 0 bridgehead atoms. The number of halogens is 2.